The van der Waals surface area contributed by atoms with Crippen LogP contribution >= 0.6 is 0 Å². The van der Waals surface area contributed by atoms with Gasteiger partial charge in [-0.15, -0.1) is 0 Å². The molecule has 1 aromatic carbocycles. The van der Waals surface area contributed by atoms with Crippen molar-refractivity contribution in [1.29, 1.82) is 0 Å². The molecule has 1 aliphatic rings. The number of rotatable bonds is 6. The van der Waals surface area contributed by atoms with Gasteiger partial charge in [0.05, 0.1) is 11.5 Å². The molecule has 23 heavy (non-hydrogen) atoms. The van der Waals surface area contributed by atoms with Crippen molar-refractivity contribution in [3.8, 4) is 0 Å². The topological polar surface area (TPSA) is 84.5 Å². The Morgan fingerprint density at radius 1 is 1.17 bits per heavy atom. The standard InChI is InChI=1S/C16H24N2O4S/c1-2-22-16(19)17-12-13-8-10-15(11-9-13)23(20,21)18-14-6-4-3-5-7-14/h8-11,14,18H,2-7,12H2,1H3,(H,17,19). The number of sulfonamides is 1. The van der Waals surface area contributed by atoms with E-state index in [1.54, 1.807) is 31.2 Å². The first kappa shape index (κ1) is 17.7. The summed E-state index contributed by atoms with van der Waals surface area (Å²) in [6.07, 6.45) is 4.65. The molecule has 6 nitrogen and oxygen atoms in total. The summed E-state index contributed by atoms with van der Waals surface area (Å²) in [6.45, 7) is 2.35. The molecule has 0 radical (unpaired) electrons. The second-order valence-electron chi connectivity index (χ2n) is 5.67. The van der Waals surface area contributed by atoms with Crippen LogP contribution in [0.1, 0.15) is 44.6 Å². The van der Waals surface area contributed by atoms with E-state index in [1.165, 1.54) is 6.42 Å². The fourth-order valence-corrected chi connectivity index (χ4v) is 3.96. The van der Waals surface area contributed by atoms with E-state index in [9.17, 15) is 13.2 Å². The molecule has 128 valence electrons. The lowest BCUT2D eigenvalue weighted by Crippen LogP contribution is -2.36. The van der Waals surface area contributed by atoms with Crippen LogP contribution in [0.2, 0.25) is 0 Å². The van der Waals surface area contributed by atoms with Gasteiger partial charge < -0.3 is 10.1 Å². The summed E-state index contributed by atoms with van der Waals surface area (Å²) in [4.78, 5) is 11.5. The number of amides is 1. The highest BCUT2D eigenvalue weighted by molar-refractivity contribution is 7.89. The number of hydrogen-bond donors (Lipinski definition) is 2. The Kier molecular flexibility index (Phi) is 6.41. The van der Waals surface area contributed by atoms with Gasteiger partial charge in [0.15, 0.2) is 0 Å². The van der Waals surface area contributed by atoms with Crippen molar-refractivity contribution in [3.63, 3.8) is 0 Å². The second kappa shape index (κ2) is 8.31. The van der Waals surface area contributed by atoms with Gasteiger partial charge in [-0.3, -0.25) is 0 Å². The highest BCUT2D eigenvalue weighted by Crippen LogP contribution is 2.20. The fourth-order valence-electron chi connectivity index (χ4n) is 2.65. The van der Waals surface area contributed by atoms with Crippen molar-refractivity contribution >= 4 is 16.1 Å². The van der Waals surface area contributed by atoms with E-state index >= 15 is 0 Å². The molecule has 1 saturated carbocycles. The maximum atomic E-state index is 12.4. The summed E-state index contributed by atoms with van der Waals surface area (Å²) < 4.78 is 32.3. The Hall–Kier alpha value is -1.60. The highest BCUT2D eigenvalue weighted by Gasteiger charge is 2.21. The molecule has 0 bridgehead atoms. The number of hydrogen-bond acceptors (Lipinski definition) is 4. The quantitative estimate of drug-likeness (QED) is 0.833. The zero-order valence-corrected chi connectivity index (χ0v) is 14.2. The summed E-state index contributed by atoms with van der Waals surface area (Å²) in [7, 11) is -3.48. The Bertz CT molecular complexity index is 607. The van der Waals surface area contributed by atoms with Gasteiger partial charge in [-0.25, -0.2) is 17.9 Å². The van der Waals surface area contributed by atoms with Gasteiger partial charge >= 0.3 is 6.09 Å². The Balaban J connectivity index is 1.93. The average Bonchev–Trinajstić information content (AvgIpc) is 2.54. The van der Waals surface area contributed by atoms with Crippen molar-refractivity contribution in [2.45, 2.75) is 56.5 Å². The summed E-state index contributed by atoms with van der Waals surface area (Å²) in [5, 5.41) is 2.60. The van der Waals surface area contributed by atoms with E-state index in [4.69, 9.17) is 4.74 Å². The zero-order chi connectivity index (χ0) is 16.7. The van der Waals surface area contributed by atoms with Crippen LogP contribution in [-0.4, -0.2) is 27.2 Å². The summed E-state index contributed by atoms with van der Waals surface area (Å²) >= 11 is 0. The minimum atomic E-state index is -3.48. The number of alkyl carbamates (subject to hydrolysis) is 1. The van der Waals surface area contributed by atoms with Crippen LogP contribution in [0, 0.1) is 0 Å². The highest BCUT2D eigenvalue weighted by atomic mass is 32.2. The van der Waals surface area contributed by atoms with Crippen LogP contribution in [-0.2, 0) is 21.3 Å². The van der Waals surface area contributed by atoms with Crippen LogP contribution in [0.3, 0.4) is 0 Å². The fraction of sp³-hybridized carbons (Fsp3) is 0.562. The van der Waals surface area contributed by atoms with Crippen molar-refractivity contribution in [1.82, 2.24) is 10.0 Å². The molecular weight excluding hydrogens is 316 g/mol. The molecule has 0 spiro atoms. The van der Waals surface area contributed by atoms with Gasteiger partial charge in [-0.1, -0.05) is 31.4 Å². The predicted molar refractivity (Wildman–Crippen MR) is 87.5 cm³/mol. The lowest BCUT2D eigenvalue weighted by Gasteiger charge is -2.22. The SMILES string of the molecule is CCOC(=O)NCc1ccc(S(=O)(=O)NC2CCCCC2)cc1. The normalized spacial score (nSPS) is 16.0. The zero-order valence-electron chi connectivity index (χ0n) is 13.4. The third-order valence-corrected chi connectivity index (χ3v) is 5.41. The molecule has 2 N–H and O–H groups in total. The molecule has 1 amide bonds. The van der Waals surface area contributed by atoms with E-state index < -0.39 is 16.1 Å². The second-order valence-corrected chi connectivity index (χ2v) is 7.39. The summed E-state index contributed by atoms with van der Waals surface area (Å²) in [6, 6.07) is 6.56. The average molecular weight is 340 g/mol. The minimum Gasteiger partial charge on any atom is -0.450 e. The predicted octanol–water partition coefficient (Wildman–Crippen LogP) is 2.54. The van der Waals surface area contributed by atoms with Gasteiger partial charge in [0.25, 0.3) is 0 Å². The minimum absolute atomic E-state index is 0.0407. The van der Waals surface area contributed by atoms with Crippen molar-refractivity contribution in [2.24, 2.45) is 0 Å². The molecule has 1 aromatic rings. The molecule has 0 saturated heterocycles. The van der Waals surface area contributed by atoms with E-state index in [0.29, 0.717) is 13.2 Å². The maximum Gasteiger partial charge on any atom is 0.407 e. The van der Waals surface area contributed by atoms with Crippen LogP contribution in [0.15, 0.2) is 29.2 Å². The largest absolute Gasteiger partial charge is 0.450 e. The molecule has 0 aromatic heterocycles. The van der Waals surface area contributed by atoms with Gasteiger partial charge in [0.1, 0.15) is 0 Å². The first-order chi connectivity index (χ1) is 11.0. The molecule has 0 aliphatic heterocycles. The van der Waals surface area contributed by atoms with E-state index in [0.717, 1.165) is 31.2 Å². The molecule has 7 heteroatoms. The van der Waals surface area contributed by atoms with E-state index in [1.807, 2.05) is 0 Å². The summed E-state index contributed by atoms with van der Waals surface area (Å²) in [5.74, 6) is 0. The number of carbonyl (C=O) groups excluding carboxylic acids is 1. The lowest BCUT2D eigenvalue weighted by atomic mass is 9.96. The molecule has 1 fully saturated rings. The van der Waals surface area contributed by atoms with Gasteiger partial charge in [-0.2, -0.15) is 0 Å². The van der Waals surface area contributed by atoms with Gasteiger partial charge in [0.2, 0.25) is 10.0 Å². The van der Waals surface area contributed by atoms with Crippen LogP contribution in [0.4, 0.5) is 4.79 Å². The summed E-state index contributed by atoms with van der Waals surface area (Å²) in [5.41, 5.74) is 0.815. The smallest absolute Gasteiger partial charge is 0.407 e. The molecule has 1 aliphatic carbocycles. The lowest BCUT2D eigenvalue weighted by molar-refractivity contribution is 0.151. The van der Waals surface area contributed by atoms with Gasteiger partial charge in [0, 0.05) is 12.6 Å². The van der Waals surface area contributed by atoms with E-state index in [2.05, 4.69) is 10.0 Å². The van der Waals surface area contributed by atoms with Crippen molar-refractivity contribution in [2.75, 3.05) is 6.61 Å². The van der Waals surface area contributed by atoms with Crippen LogP contribution in [0.25, 0.3) is 0 Å². The maximum absolute atomic E-state index is 12.4. The Labute approximate surface area is 137 Å². The van der Waals surface area contributed by atoms with Gasteiger partial charge in [-0.05, 0) is 37.5 Å². The third-order valence-electron chi connectivity index (χ3n) is 3.87. The Morgan fingerprint density at radius 3 is 2.43 bits per heavy atom. The molecule has 0 atom stereocenters. The molecule has 0 unspecified atom stereocenters. The first-order valence-corrected chi connectivity index (χ1v) is 9.51. The molecular formula is C16H24N2O4S. The molecule has 0 heterocycles. The first-order valence-electron chi connectivity index (χ1n) is 8.03. The van der Waals surface area contributed by atoms with Crippen LogP contribution < -0.4 is 10.0 Å². The number of benzene rings is 1. The molecule has 2 rings (SSSR count). The Morgan fingerprint density at radius 2 is 1.83 bits per heavy atom. The van der Waals surface area contributed by atoms with Crippen molar-refractivity contribution in [3.05, 3.63) is 29.8 Å². The third kappa shape index (κ3) is 5.51. The number of nitrogens with one attached hydrogen (secondary N) is 2. The van der Waals surface area contributed by atoms with E-state index in [-0.39, 0.29) is 10.9 Å². The monoisotopic (exact) mass is 340 g/mol. The number of ether oxygens (including phenoxy) is 1. The van der Waals surface area contributed by atoms with Crippen molar-refractivity contribution < 1.29 is 17.9 Å². The van der Waals surface area contributed by atoms with Crippen LogP contribution in [0.5, 0.6) is 0 Å². The number of carbonyl (C=O) groups is 1.